The SMILES string of the molecule is CCOC(=O)CC#Cc1ccsc1C(=O)OC. The van der Waals surface area contributed by atoms with E-state index in [-0.39, 0.29) is 12.4 Å². The van der Waals surface area contributed by atoms with E-state index in [4.69, 9.17) is 4.74 Å². The Morgan fingerprint density at radius 2 is 2.24 bits per heavy atom. The van der Waals surface area contributed by atoms with Crippen molar-refractivity contribution in [2.45, 2.75) is 13.3 Å². The van der Waals surface area contributed by atoms with Crippen LogP contribution in [0.15, 0.2) is 11.4 Å². The summed E-state index contributed by atoms with van der Waals surface area (Å²) in [6.45, 7) is 2.08. The van der Waals surface area contributed by atoms with Gasteiger partial charge in [0, 0.05) is 5.56 Å². The molecule has 1 heterocycles. The smallest absolute Gasteiger partial charge is 0.349 e. The van der Waals surface area contributed by atoms with Crippen molar-refractivity contribution in [1.29, 1.82) is 0 Å². The molecule has 0 aliphatic carbocycles. The first-order valence-corrected chi connectivity index (χ1v) is 5.87. The van der Waals surface area contributed by atoms with Crippen LogP contribution in [0.1, 0.15) is 28.6 Å². The van der Waals surface area contributed by atoms with E-state index in [2.05, 4.69) is 16.6 Å². The summed E-state index contributed by atoms with van der Waals surface area (Å²) in [7, 11) is 1.32. The van der Waals surface area contributed by atoms with Crippen molar-refractivity contribution >= 4 is 23.3 Å². The summed E-state index contributed by atoms with van der Waals surface area (Å²) in [6, 6.07) is 1.72. The van der Waals surface area contributed by atoms with Gasteiger partial charge in [0.05, 0.1) is 13.7 Å². The lowest BCUT2D eigenvalue weighted by Gasteiger charge is -1.96. The van der Waals surface area contributed by atoms with Crippen LogP contribution in [0.25, 0.3) is 0 Å². The number of rotatable bonds is 3. The summed E-state index contributed by atoms with van der Waals surface area (Å²) in [5.74, 6) is 4.64. The molecule has 5 heteroatoms. The highest BCUT2D eigenvalue weighted by Gasteiger charge is 2.11. The second-order valence-corrected chi connectivity index (χ2v) is 3.85. The van der Waals surface area contributed by atoms with Gasteiger partial charge >= 0.3 is 11.9 Å². The Kier molecular flexibility index (Phi) is 5.24. The van der Waals surface area contributed by atoms with Gasteiger partial charge in [0.2, 0.25) is 0 Å². The van der Waals surface area contributed by atoms with Crippen molar-refractivity contribution in [3.05, 3.63) is 21.9 Å². The maximum atomic E-state index is 11.3. The zero-order valence-corrected chi connectivity index (χ0v) is 10.4. The number of carbonyl (C=O) groups is 2. The number of thiophene rings is 1. The van der Waals surface area contributed by atoms with E-state index in [0.717, 1.165) is 0 Å². The molecule has 0 N–H and O–H groups in total. The molecule has 0 aliphatic rings. The molecule has 1 rings (SSSR count). The second-order valence-electron chi connectivity index (χ2n) is 2.94. The van der Waals surface area contributed by atoms with E-state index in [0.29, 0.717) is 17.0 Å². The zero-order valence-electron chi connectivity index (χ0n) is 9.61. The molecule has 17 heavy (non-hydrogen) atoms. The number of esters is 2. The maximum Gasteiger partial charge on any atom is 0.349 e. The number of hydrogen-bond acceptors (Lipinski definition) is 5. The summed E-state index contributed by atoms with van der Waals surface area (Å²) in [5.41, 5.74) is 0.575. The van der Waals surface area contributed by atoms with Gasteiger partial charge in [-0.15, -0.1) is 11.3 Å². The van der Waals surface area contributed by atoms with E-state index in [9.17, 15) is 9.59 Å². The Bertz CT molecular complexity index is 464. The fourth-order valence-corrected chi connectivity index (χ4v) is 1.85. The van der Waals surface area contributed by atoms with Gasteiger partial charge in [-0.1, -0.05) is 11.8 Å². The molecule has 0 aliphatic heterocycles. The first kappa shape index (κ1) is 13.3. The van der Waals surface area contributed by atoms with Crippen LogP contribution in [0.2, 0.25) is 0 Å². The highest BCUT2D eigenvalue weighted by molar-refractivity contribution is 7.12. The number of hydrogen-bond donors (Lipinski definition) is 0. The van der Waals surface area contributed by atoms with E-state index < -0.39 is 5.97 Å². The topological polar surface area (TPSA) is 52.6 Å². The lowest BCUT2D eigenvalue weighted by molar-refractivity contribution is -0.141. The number of methoxy groups -OCH3 is 1. The minimum absolute atomic E-state index is 0.0182. The van der Waals surface area contributed by atoms with Crippen LogP contribution in [0.5, 0.6) is 0 Å². The van der Waals surface area contributed by atoms with Crippen molar-refractivity contribution in [1.82, 2.24) is 0 Å². The third-order valence-corrected chi connectivity index (χ3v) is 2.69. The Morgan fingerprint density at radius 3 is 2.88 bits per heavy atom. The molecule has 4 nitrogen and oxygen atoms in total. The van der Waals surface area contributed by atoms with Crippen LogP contribution in [-0.2, 0) is 14.3 Å². The summed E-state index contributed by atoms with van der Waals surface area (Å²) in [6.07, 6.45) is 0.0182. The fourth-order valence-electron chi connectivity index (χ4n) is 1.08. The van der Waals surface area contributed by atoms with Crippen molar-refractivity contribution in [3.8, 4) is 11.8 Å². The van der Waals surface area contributed by atoms with Gasteiger partial charge in [0.25, 0.3) is 0 Å². The summed E-state index contributed by atoms with van der Waals surface area (Å²) in [5, 5.41) is 1.75. The molecule has 0 saturated heterocycles. The molecular weight excluding hydrogens is 240 g/mol. The normalized spacial score (nSPS) is 9.06. The van der Waals surface area contributed by atoms with Crippen molar-refractivity contribution < 1.29 is 19.1 Å². The molecule has 0 bridgehead atoms. The number of ether oxygens (including phenoxy) is 2. The van der Waals surface area contributed by atoms with E-state index in [1.54, 1.807) is 18.4 Å². The molecule has 0 amide bonds. The third kappa shape index (κ3) is 3.93. The largest absolute Gasteiger partial charge is 0.465 e. The summed E-state index contributed by atoms with van der Waals surface area (Å²) < 4.78 is 9.34. The van der Waals surface area contributed by atoms with Gasteiger partial charge in [-0.2, -0.15) is 0 Å². The third-order valence-electron chi connectivity index (χ3n) is 1.80. The van der Waals surface area contributed by atoms with Gasteiger partial charge in [0.15, 0.2) is 0 Å². The molecule has 1 aromatic heterocycles. The van der Waals surface area contributed by atoms with Crippen molar-refractivity contribution in [2.24, 2.45) is 0 Å². The van der Waals surface area contributed by atoms with Crippen LogP contribution in [0, 0.1) is 11.8 Å². The summed E-state index contributed by atoms with van der Waals surface area (Å²) >= 11 is 1.26. The Hall–Kier alpha value is -1.80. The predicted octanol–water partition coefficient (Wildman–Crippen LogP) is 1.84. The monoisotopic (exact) mass is 252 g/mol. The molecule has 0 spiro atoms. The molecule has 90 valence electrons. The molecule has 0 atom stereocenters. The van der Waals surface area contributed by atoms with Gasteiger partial charge in [-0.3, -0.25) is 4.79 Å². The average molecular weight is 252 g/mol. The molecule has 0 saturated carbocycles. The molecule has 0 fully saturated rings. The molecular formula is C12H12O4S. The lowest BCUT2D eigenvalue weighted by Crippen LogP contribution is -2.02. The summed E-state index contributed by atoms with van der Waals surface area (Å²) in [4.78, 5) is 22.8. The van der Waals surface area contributed by atoms with Gasteiger partial charge < -0.3 is 9.47 Å². The number of carbonyl (C=O) groups excluding carboxylic acids is 2. The highest BCUT2D eigenvalue weighted by Crippen LogP contribution is 2.16. The Labute approximate surface area is 104 Å². The molecule has 0 aromatic carbocycles. The van der Waals surface area contributed by atoms with Crippen LogP contribution >= 0.6 is 11.3 Å². The molecule has 0 radical (unpaired) electrons. The Morgan fingerprint density at radius 1 is 1.47 bits per heavy atom. The standard InChI is InChI=1S/C12H12O4S/c1-3-16-10(13)6-4-5-9-7-8-17-11(9)12(14)15-2/h7-8H,3,6H2,1-2H3. The second kappa shape index (κ2) is 6.71. The van der Waals surface area contributed by atoms with Crippen molar-refractivity contribution in [2.75, 3.05) is 13.7 Å². The maximum absolute atomic E-state index is 11.3. The van der Waals surface area contributed by atoms with E-state index in [1.165, 1.54) is 18.4 Å². The van der Waals surface area contributed by atoms with Crippen LogP contribution in [0.4, 0.5) is 0 Å². The van der Waals surface area contributed by atoms with Gasteiger partial charge in [0.1, 0.15) is 11.3 Å². The first-order chi connectivity index (χ1) is 8.19. The molecule has 1 aromatic rings. The van der Waals surface area contributed by atoms with Crippen LogP contribution < -0.4 is 0 Å². The fraction of sp³-hybridized carbons (Fsp3) is 0.333. The Balaban J connectivity index is 2.69. The first-order valence-electron chi connectivity index (χ1n) is 4.99. The van der Waals surface area contributed by atoms with Gasteiger partial charge in [-0.25, -0.2) is 4.79 Å². The van der Waals surface area contributed by atoms with Crippen molar-refractivity contribution in [3.63, 3.8) is 0 Å². The lowest BCUT2D eigenvalue weighted by atomic mass is 10.2. The minimum atomic E-state index is -0.416. The van der Waals surface area contributed by atoms with Crippen LogP contribution in [0.3, 0.4) is 0 Å². The van der Waals surface area contributed by atoms with E-state index >= 15 is 0 Å². The average Bonchev–Trinajstić information content (AvgIpc) is 2.77. The zero-order chi connectivity index (χ0) is 12.7. The predicted molar refractivity (Wildman–Crippen MR) is 63.8 cm³/mol. The highest BCUT2D eigenvalue weighted by atomic mass is 32.1. The van der Waals surface area contributed by atoms with Crippen LogP contribution in [-0.4, -0.2) is 25.7 Å². The minimum Gasteiger partial charge on any atom is -0.465 e. The molecule has 0 unspecified atom stereocenters. The quantitative estimate of drug-likeness (QED) is 0.608. The van der Waals surface area contributed by atoms with Gasteiger partial charge in [-0.05, 0) is 18.4 Å². The van der Waals surface area contributed by atoms with E-state index in [1.807, 2.05) is 0 Å².